The van der Waals surface area contributed by atoms with Crippen molar-refractivity contribution in [3.05, 3.63) is 89.0 Å². The van der Waals surface area contributed by atoms with Crippen LogP contribution in [0.25, 0.3) is 0 Å². The molecule has 1 heterocycles. The summed E-state index contributed by atoms with van der Waals surface area (Å²) >= 11 is 0. The van der Waals surface area contributed by atoms with E-state index < -0.39 is 6.04 Å². The van der Waals surface area contributed by atoms with Crippen LogP contribution in [0.1, 0.15) is 29.2 Å². The van der Waals surface area contributed by atoms with Gasteiger partial charge in [-0.1, -0.05) is 30.3 Å². The van der Waals surface area contributed by atoms with E-state index in [0.717, 1.165) is 39.3 Å². The van der Waals surface area contributed by atoms with Gasteiger partial charge in [-0.3, -0.25) is 4.79 Å². The highest BCUT2D eigenvalue weighted by molar-refractivity contribution is 5.96. The second-order valence-electron chi connectivity index (χ2n) is 9.03. The highest BCUT2D eigenvalue weighted by atomic mass is 16.2. The van der Waals surface area contributed by atoms with Crippen LogP contribution in [0.2, 0.25) is 0 Å². The second-order valence-corrected chi connectivity index (χ2v) is 9.03. The van der Waals surface area contributed by atoms with E-state index in [2.05, 4.69) is 48.4 Å². The minimum absolute atomic E-state index is 0.200. The van der Waals surface area contributed by atoms with Gasteiger partial charge in [-0.2, -0.15) is 15.0 Å². The lowest BCUT2D eigenvalue weighted by atomic mass is 10.1. The van der Waals surface area contributed by atoms with Gasteiger partial charge in [0.15, 0.2) is 0 Å². The van der Waals surface area contributed by atoms with Crippen LogP contribution < -0.4 is 21.3 Å². The number of hydrogen-bond acceptors (Lipinski definition) is 7. The van der Waals surface area contributed by atoms with Crippen molar-refractivity contribution in [2.45, 2.75) is 40.7 Å². The fraction of sp³-hybridized carbons (Fsp3) is 0.214. The van der Waals surface area contributed by atoms with Crippen LogP contribution in [0, 0.1) is 27.7 Å². The molecule has 0 bridgehead atoms. The molecule has 1 amide bonds. The summed E-state index contributed by atoms with van der Waals surface area (Å²) in [6.07, 6.45) is 0. The maximum atomic E-state index is 12.7. The van der Waals surface area contributed by atoms with Crippen molar-refractivity contribution >= 4 is 40.8 Å². The molecule has 4 N–H and O–H groups in total. The maximum Gasteiger partial charge on any atom is 0.246 e. The van der Waals surface area contributed by atoms with Crippen LogP contribution in [0.4, 0.5) is 34.9 Å². The van der Waals surface area contributed by atoms with Crippen LogP contribution in [0.3, 0.4) is 0 Å². The van der Waals surface area contributed by atoms with Gasteiger partial charge >= 0.3 is 0 Å². The lowest BCUT2D eigenvalue weighted by molar-refractivity contribution is -0.116. The SMILES string of the molecule is Cc1cc(C)cc(Nc2nc(Nc3cc(C)cc(C)c3)nc(N[C@H](C)C(=O)Nc3ccccc3)n2)c1. The van der Waals surface area contributed by atoms with Gasteiger partial charge in [0.25, 0.3) is 0 Å². The zero-order valence-corrected chi connectivity index (χ0v) is 21.2. The number of carbonyl (C=O) groups excluding carboxylic acids is 1. The number of para-hydroxylation sites is 1. The number of aryl methyl sites for hydroxylation is 4. The Morgan fingerprint density at radius 1 is 0.639 bits per heavy atom. The number of carbonyl (C=O) groups is 1. The number of amides is 1. The van der Waals surface area contributed by atoms with E-state index in [-0.39, 0.29) is 11.9 Å². The number of anilines is 6. The fourth-order valence-electron chi connectivity index (χ4n) is 3.94. The molecule has 0 aliphatic heterocycles. The van der Waals surface area contributed by atoms with Crippen molar-refractivity contribution in [2.75, 3.05) is 21.3 Å². The predicted octanol–water partition coefficient (Wildman–Crippen LogP) is 6.03. The van der Waals surface area contributed by atoms with Crippen molar-refractivity contribution < 1.29 is 4.79 Å². The van der Waals surface area contributed by atoms with E-state index in [0.29, 0.717) is 11.9 Å². The van der Waals surface area contributed by atoms with Crippen molar-refractivity contribution in [1.82, 2.24) is 15.0 Å². The number of benzene rings is 3. The number of rotatable bonds is 8. The Balaban J connectivity index is 1.60. The van der Waals surface area contributed by atoms with E-state index in [1.165, 1.54) is 0 Å². The molecular formula is C28H31N7O. The quantitative estimate of drug-likeness (QED) is 0.243. The number of hydrogen-bond donors (Lipinski definition) is 4. The summed E-state index contributed by atoms with van der Waals surface area (Å²) < 4.78 is 0. The minimum atomic E-state index is -0.587. The molecular weight excluding hydrogens is 450 g/mol. The Labute approximate surface area is 211 Å². The minimum Gasteiger partial charge on any atom is -0.342 e. The van der Waals surface area contributed by atoms with Crippen molar-refractivity contribution in [3.63, 3.8) is 0 Å². The van der Waals surface area contributed by atoms with Gasteiger partial charge < -0.3 is 21.3 Å². The van der Waals surface area contributed by atoms with E-state index in [1.807, 2.05) is 82.3 Å². The van der Waals surface area contributed by atoms with E-state index in [9.17, 15) is 4.79 Å². The summed E-state index contributed by atoms with van der Waals surface area (Å²) in [5, 5.41) is 12.5. The topological polar surface area (TPSA) is 104 Å². The van der Waals surface area contributed by atoms with Crippen LogP contribution in [0.15, 0.2) is 66.7 Å². The highest BCUT2D eigenvalue weighted by Gasteiger charge is 2.16. The van der Waals surface area contributed by atoms with Gasteiger partial charge in [0.2, 0.25) is 23.8 Å². The smallest absolute Gasteiger partial charge is 0.246 e. The Hall–Kier alpha value is -4.46. The fourth-order valence-corrected chi connectivity index (χ4v) is 3.94. The molecule has 0 saturated carbocycles. The van der Waals surface area contributed by atoms with Crippen LogP contribution in [0.5, 0.6) is 0 Å². The summed E-state index contributed by atoms with van der Waals surface area (Å²) in [6, 6.07) is 21.0. The largest absolute Gasteiger partial charge is 0.342 e. The third kappa shape index (κ3) is 6.79. The Morgan fingerprint density at radius 2 is 1.08 bits per heavy atom. The Kier molecular flexibility index (Phi) is 7.44. The van der Waals surface area contributed by atoms with Crippen LogP contribution >= 0.6 is 0 Å². The summed E-state index contributed by atoms with van der Waals surface area (Å²) in [5.74, 6) is 0.800. The molecule has 1 aromatic heterocycles. The molecule has 1 atom stereocenters. The molecule has 0 unspecified atom stereocenters. The number of aromatic nitrogens is 3. The highest BCUT2D eigenvalue weighted by Crippen LogP contribution is 2.22. The molecule has 8 heteroatoms. The Morgan fingerprint density at radius 3 is 1.56 bits per heavy atom. The van der Waals surface area contributed by atoms with E-state index >= 15 is 0 Å². The average Bonchev–Trinajstić information content (AvgIpc) is 2.78. The maximum absolute atomic E-state index is 12.7. The third-order valence-electron chi connectivity index (χ3n) is 5.37. The van der Waals surface area contributed by atoms with Crippen LogP contribution in [-0.2, 0) is 4.79 Å². The van der Waals surface area contributed by atoms with Gasteiger partial charge in [0.05, 0.1) is 0 Å². The first-order chi connectivity index (χ1) is 17.2. The lowest BCUT2D eigenvalue weighted by Gasteiger charge is -2.16. The molecule has 0 aliphatic carbocycles. The molecule has 3 aromatic carbocycles. The Bertz CT molecular complexity index is 1260. The first-order valence-electron chi connectivity index (χ1n) is 11.8. The summed E-state index contributed by atoms with van der Waals surface area (Å²) in [5.41, 5.74) is 6.98. The molecule has 0 saturated heterocycles. The molecule has 4 aromatic rings. The van der Waals surface area contributed by atoms with Gasteiger partial charge in [-0.25, -0.2) is 0 Å². The second kappa shape index (κ2) is 10.9. The van der Waals surface area contributed by atoms with Gasteiger partial charge in [-0.15, -0.1) is 0 Å². The lowest BCUT2D eigenvalue weighted by Crippen LogP contribution is -2.32. The third-order valence-corrected chi connectivity index (χ3v) is 5.37. The van der Waals surface area contributed by atoms with E-state index in [1.54, 1.807) is 6.92 Å². The molecule has 184 valence electrons. The number of nitrogens with one attached hydrogen (secondary N) is 4. The molecule has 0 spiro atoms. The van der Waals surface area contributed by atoms with Crippen molar-refractivity contribution in [2.24, 2.45) is 0 Å². The van der Waals surface area contributed by atoms with E-state index in [4.69, 9.17) is 0 Å². The van der Waals surface area contributed by atoms with Crippen LogP contribution in [-0.4, -0.2) is 26.9 Å². The molecule has 8 nitrogen and oxygen atoms in total. The average molecular weight is 482 g/mol. The molecule has 36 heavy (non-hydrogen) atoms. The van der Waals surface area contributed by atoms with Gasteiger partial charge in [0.1, 0.15) is 6.04 Å². The predicted molar refractivity (Wildman–Crippen MR) is 146 cm³/mol. The van der Waals surface area contributed by atoms with Gasteiger partial charge in [-0.05, 0) is 93.3 Å². The first-order valence-corrected chi connectivity index (χ1v) is 11.8. The number of nitrogens with zero attached hydrogens (tertiary/aromatic N) is 3. The molecule has 0 radical (unpaired) electrons. The normalized spacial score (nSPS) is 11.5. The summed E-state index contributed by atoms with van der Waals surface area (Å²) in [6.45, 7) is 9.92. The molecule has 0 fully saturated rings. The summed E-state index contributed by atoms with van der Waals surface area (Å²) in [4.78, 5) is 26.4. The zero-order chi connectivity index (χ0) is 25.7. The van der Waals surface area contributed by atoms with Crippen molar-refractivity contribution in [1.29, 1.82) is 0 Å². The van der Waals surface area contributed by atoms with Crippen molar-refractivity contribution in [3.8, 4) is 0 Å². The monoisotopic (exact) mass is 481 g/mol. The molecule has 4 rings (SSSR count). The zero-order valence-electron chi connectivity index (χ0n) is 21.2. The molecule has 0 aliphatic rings. The standard InChI is InChI=1S/C28H31N7O/c1-17-11-18(2)14-23(13-17)31-27-33-26(29-21(5)25(36)30-22-9-7-6-8-10-22)34-28(35-27)32-24-15-19(3)12-20(4)16-24/h6-16,21H,1-5H3,(H,30,36)(H3,29,31,32,33,34,35)/t21-/m1/s1. The summed E-state index contributed by atoms with van der Waals surface area (Å²) in [7, 11) is 0. The first kappa shape index (κ1) is 24.7. The van der Waals surface area contributed by atoms with Gasteiger partial charge in [0, 0.05) is 17.1 Å².